The van der Waals surface area contributed by atoms with Crippen LogP contribution in [0.3, 0.4) is 0 Å². The van der Waals surface area contributed by atoms with Gasteiger partial charge >= 0.3 is 0 Å². The van der Waals surface area contributed by atoms with Gasteiger partial charge in [0.05, 0.1) is 44.3 Å². The Morgan fingerprint density at radius 2 is 2.07 bits per heavy atom. The van der Waals surface area contributed by atoms with Crippen molar-refractivity contribution in [3.8, 4) is 11.3 Å². The second-order valence-corrected chi connectivity index (χ2v) is 7.85. The van der Waals surface area contributed by atoms with Gasteiger partial charge in [-0.2, -0.15) is 0 Å². The molecule has 0 amide bonds. The van der Waals surface area contributed by atoms with E-state index in [0.29, 0.717) is 54.5 Å². The number of ketones is 1. The average Bonchev–Trinajstić information content (AvgIpc) is 2.98. The zero-order chi connectivity index (χ0) is 19.7. The standard InChI is InChI=1S/C18H18Cl2N4O2S/c1-3-10(7-25)22-18-23-15(9-4-5-11(19)12(20)6-9)13-14(21)16(8(2)26)27-17(13)24-18/h4-6,10,25H,3,7,21H2,1-2H3,(H,22,23,24)/t10-/m0/s1. The van der Waals surface area contributed by atoms with Crippen LogP contribution in [0.5, 0.6) is 0 Å². The Kier molecular flexibility index (Phi) is 5.86. The first-order valence-corrected chi connectivity index (χ1v) is 9.86. The van der Waals surface area contributed by atoms with E-state index in [-0.39, 0.29) is 18.4 Å². The predicted octanol–water partition coefficient (Wildman–Crippen LogP) is 4.63. The summed E-state index contributed by atoms with van der Waals surface area (Å²) in [6, 6.07) is 4.97. The van der Waals surface area contributed by atoms with E-state index in [2.05, 4.69) is 15.3 Å². The summed E-state index contributed by atoms with van der Waals surface area (Å²) >= 11 is 13.4. The van der Waals surface area contributed by atoms with Gasteiger partial charge in [-0.15, -0.1) is 11.3 Å². The molecule has 0 saturated carbocycles. The molecule has 9 heteroatoms. The molecule has 0 spiro atoms. The van der Waals surface area contributed by atoms with Crippen molar-refractivity contribution in [2.24, 2.45) is 0 Å². The number of nitrogens with two attached hydrogens (primary N) is 1. The highest BCUT2D eigenvalue weighted by atomic mass is 35.5. The highest BCUT2D eigenvalue weighted by Gasteiger charge is 2.21. The maximum atomic E-state index is 11.9. The number of nitrogens with zero attached hydrogens (tertiary/aromatic N) is 2. The van der Waals surface area contributed by atoms with Crippen molar-refractivity contribution >= 4 is 62.2 Å². The van der Waals surface area contributed by atoms with Gasteiger partial charge in [0.25, 0.3) is 0 Å². The number of aliphatic hydroxyl groups is 1. The molecule has 142 valence electrons. The molecule has 27 heavy (non-hydrogen) atoms. The van der Waals surface area contributed by atoms with E-state index in [1.54, 1.807) is 18.2 Å². The SMILES string of the molecule is CC[C@@H](CO)Nc1nc(-c2ccc(Cl)c(Cl)c2)c2c(N)c(C(C)=O)sc2n1. The van der Waals surface area contributed by atoms with Crippen molar-refractivity contribution in [1.82, 2.24) is 9.97 Å². The van der Waals surface area contributed by atoms with Crippen LogP contribution in [0.25, 0.3) is 21.5 Å². The maximum absolute atomic E-state index is 11.9. The minimum Gasteiger partial charge on any atom is -0.397 e. The van der Waals surface area contributed by atoms with Crippen molar-refractivity contribution in [2.75, 3.05) is 17.7 Å². The van der Waals surface area contributed by atoms with Crippen LogP contribution < -0.4 is 11.1 Å². The second kappa shape index (κ2) is 7.98. The molecule has 4 N–H and O–H groups in total. The summed E-state index contributed by atoms with van der Waals surface area (Å²) < 4.78 is 0. The molecule has 0 aliphatic rings. The number of thiophene rings is 1. The number of carbonyl (C=O) groups is 1. The fourth-order valence-electron chi connectivity index (χ4n) is 2.66. The smallest absolute Gasteiger partial charge is 0.224 e. The van der Waals surface area contributed by atoms with E-state index in [0.717, 1.165) is 0 Å². The summed E-state index contributed by atoms with van der Waals surface area (Å²) in [5.41, 5.74) is 7.85. The summed E-state index contributed by atoms with van der Waals surface area (Å²) in [7, 11) is 0. The molecule has 0 bridgehead atoms. The number of hydrogen-bond donors (Lipinski definition) is 3. The Balaban J connectivity index is 2.26. The van der Waals surface area contributed by atoms with E-state index >= 15 is 0 Å². The van der Waals surface area contributed by atoms with Crippen LogP contribution in [-0.2, 0) is 0 Å². The number of hydrogen-bond acceptors (Lipinski definition) is 7. The largest absolute Gasteiger partial charge is 0.397 e. The molecule has 2 heterocycles. The number of aliphatic hydroxyl groups excluding tert-OH is 1. The number of rotatable bonds is 6. The third kappa shape index (κ3) is 3.87. The molecule has 6 nitrogen and oxygen atoms in total. The van der Waals surface area contributed by atoms with Crippen molar-refractivity contribution in [1.29, 1.82) is 0 Å². The average molecular weight is 425 g/mol. The van der Waals surface area contributed by atoms with Gasteiger partial charge in [-0.05, 0) is 18.6 Å². The molecular weight excluding hydrogens is 407 g/mol. The lowest BCUT2D eigenvalue weighted by Crippen LogP contribution is -2.24. The van der Waals surface area contributed by atoms with Crippen LogP contribution in [0.4, 0.5) is 11.6 Å². The summed E-state index contributed by atoms with van der Waals surface area (Å²) in [6.07, 6.45) is 0.700. The fourth-order valence-corrected chi connectivity index (χ4v) is 3.95. The number of Topliss-reactive ketones (excluding diaryl/α,β-unsaturated/α-hetero) is 1. The minimum atomic E-state index is -0.186. The Morgan fingerprint density at radius 3 is 2.67 bits per heavy atom. The van der Waals surface area contributed by atoms with Gasteiger partial charge in [0.2, 0.25) is 5.95 Å². The Labute approximate surface area is 170 Å². The quantitative estimate of drug-likeness (QED) is 0.498. The van der Waals surface area contributed by atoms with E-state index in [1.807, 2.05) is 6.92 Å². The molecule has 3 rings (SSSR count). The fraction of sp³-hybridized carbons (Fsp3) is 0.278. The predicted molar refractivity (Wildman–Crippen MR) is 112 cm³/mol. The van der Waals surface area contributed by atoms with Gasteiger partial charge < -0.3 is 16.2 Å². The molecule has 0 saturated heterocycles. The first kappa shape index (κ1) is 19.8. The van der Waals surface area contributed by atoms with Crippen molar-refractivity contribution in [3.63, 3.8) is 0 Å². The number of nitrogens with one attached hydrogen (secondary N) is 1. The molecule has 3 aromatic rings. The van der Waals surface area contributed by atoms with Crippen LogP contribution >= 0.6 is 34.5 Å². The lowest BCUT2D eigenvalue weighted by atomic mass is 10.1. The van der Waals surface area contributed by atoms with Gasteiger partial charge in [0.15, 0.2) is 5.78 Å². The van der Waals surface area contributed by atoms with Crippen molar-refractivity contribution in [2.45, 2.75) is 26.3 Å². The number of nitrogen functional groups attached to an aromatic ring is 1. The molecule has 2 aromatic heterocycles. The molecule has 0 aliphatic heterocycles. The third-order valence-electron chi connectivity index (χ3n) is 4.15. The van der Waals surface area contributed by atoms with Gasteiger partial charge in [-0.25, -0.2) is 9.97 Å². The Morgan fingerprint density at radius 1 is 1.33 bits per heavy atom. The summed E-state index contributed by atoms with van der Waals surface area (Å²) in [5.74, 6) is 0.215. The summed E-state index contributed by atoms with van der Waals surface area (Å²) in [5, 5.41) is 14.0. The maximum Gasteiger partial charge on any atom is 0.224 e. The number of benzene rings is 1. The Bertz CT molecular complexity index is 1020. The van der Waals surface area contributed by atoms with Crippen molar-refractivity contribution in [3.05, 3.63) is 33.1 Å². The lowest BCUT2D eigenvalue weighted by molar-refractivity contribution is 0.102. The zero-order valence-electron chi connectivity index (χ0n) is 14.7. The van der Waals surface area contributed by atoms with Crippen LogP contribution in [0.15, 0.2) is 18.2 Å². The number of carbonyl (C=O) groups excluding carboxylic acids is 1. The normalized spacial score (nSPS) is 12.3. The van der Waals surface area contributed by atoms with Gasteiger partial charge in [-0.3, -0.25) is 4.79 Å². The van der Waals surface area contributed by atoms with Gasteiger partial charge in [0.1, 0.15) is 4.83 Å². The van der Waals surface area contributed by atoms with E-state index in [9.17, 15) is 9.90 Å². The minimum absolute atomic E-state index is 0.0503. The number of aromatic nitrogens is 2. The monoisotopic (exact) mass is 424 g/mol. The molecule has 0 fully saturated rings. The first-order chi connectivity index (χ1) is 12.8. The van der Waals surface area contributed by atoms with Crippen LogP contribution in [0, 0.1) is 0 Å². The number of halogens is 2. The van der Waals surface area contributed by atoms with E-state index in [4.69, 9.17) is 28.9 Å². The van der Waals surface area contributed by atoms with Crippen LogP contribution in [0.1, 0.15) is 29.9 Å². The summed E-state index contributed by atoms with van der Waals surface area (Å²) in [6.45, 7) is 3.36. The Hall–Kier alpha value is -1.93. The molecule has 0 aliphatic carbocycles. The highest BCUT2D eigenvalue weighted by Crippen LogP contribution is 2.40. The highest BCUT2D eigenvalue weighted by molar-refractivity contribution is 7.21. The third-order valence-corrected chi connectivity index (χ3v) is 6.09. The van der Waals surface area contributed by atoms with E-state index < -0.39 is 0 Å². The van der Waals surface area contributed by atoms with Gasteiger partial charge in [0, 0.05) is 12.5 Å². The van der Waals surface area contributed by atoms with Gasteiger partial charge in [-0.1, -0.05) is 36.2 Å². The summed E-state index contributed by atoms with van der Waals surface area (Å²) in [4.78, 5) is 22.0. The molecule has 0 unspecified atom stereocenters. The van der Waals surface area contributed by atoms with Crippen molar-refractivity contribution < 1.29 is 9.90 Å². The lowest BCUT2D eigenvalue weighted by Gasteiger charge is -2.15. The topological polar surface area (TPSA) is 101 Å². The van der Waals surface area contributed by atoms with Crippen LogP contribution in [0.2, 0.25) is 10.0 Å². The second-order valence-electron chi connectivity index (χ2n) is 6.04. The molecular formula is C18H18Cl2N4O2S. The van der Waals surface area contributed by atoms with Crippen LogP contribution in [-0.4, -0.2) is 33.5 Å². The number of anilines is 2. The van der Waals surface area contributed by atoms with E-state index in [1.165, 1.54) is 18.3 Å². The number of fused-ring (bicyclic) bond motifs is 1. The zero-order valence-corrected chi connectivity index (χ0v) is 17.0. The molecule has 1 atom stereocenters. The first-order valence-electron chi connectivity index (χ1n) is 8.29. The molecule has 0 radical (unpaired) electrons. The molecule has 1 aromatic carbocycles.